The number of hydrogen-bond donors (Lipinski definition) is 2. The zero-order valence-electron chi connectivity index (χ0n) is 12.0. The van der Waals surface area contributed by atoms with Gasteiger partial charge in [-0.05, 0) is 38.5 Å². The predicted molar refractivity (Wildman–Crippen MR) is 77.1 cm³/mol. The van der Waals surface area contributed by atoms with Crippen molar-refractivity contribution < 1.29 is 23.5 Å². The van der Waals surface area contributed by atoms with Crippen LogP contribution < -0.4 is 10.5 Å². The van der Waals surface area contributed by atoms with E-state index in [-0.39, 0.29) is 19.0 Å². The highest BCUT2D eigenvalue weighted by atomic mass is 31.2. The van der Waals surface area contributed by atoms with Crippen molar-refractivity contribution in [1.82, 2.24) is 0 Å². The molecule has 7 heteroatoms. The highest BCUT2D eigenvalue weighted by molar-refractivity contribution is 7.54. The molecule has 3 N–H and O–H groups in total. The molecule has 0 saturated heterocycles. The van der Waals surface area contributed by atoms with Crippen LogP contribution in [-0.4, -0.2) is 24.9 Å². The van der Waals surface area contributed by atoms with Crippen LogP contribution in [-0.2, 0) is 13.6 Å². The summed E-state index contributed by atoms with van der Waals surface area (Å²) in [4.78, 5) is 0. The second-order valence-electron chi connectivity index (χ2n) is 3.98. The summed E-state index contributed by atoms with van der Waals surface area (Å²) in [5.41, 5.74) is 6.53. The van der Waals surface area contributed by atoms with E-state index in [2.05, 4.69) is 0 Å². The van der Waals surface area contributed by atoms with Gasteiger partial charge in [0.1, 0.15) is 5.78 Å². The van der Waals surface area contributed by atoms with Crippen molar-refractivity contribution in [3.05, 3.63) is 23.8 Å². The Kier molecular flexibility index (Phi) is 6.49. The van der Waals surface area contributed by atoms with Gasteiger partial charge in [0, 0.05) is 0 Å². The molecule has 0 saturated carbocycles. The zero-order chi connectivity index (χ0) is 15.2. The quantitative estimate of drug-likeness (QED) is 0.717. The summed E-state index contributed by atoms with van der Waals surface area (Å²) < 4.78 is 28.3. The Morgan fingerprint density at radius 3 is 2.30 bits per heavy atom. The second kappa shape index (κ2) is 7.64. The van der Waals surface area contributed by atoms with E-state index in [4.69, 9.17) is 19.5 Å². The molecule has 0 spiro atoms. The fourth-order valence-corrected chi connectivity index (χ4v) is 3.37. The van der Waals surface area contributed by atoms with E-state index in [1.54, 1.807) is 32.9 Å². The van der Waals surface area contributed by atoms with E-state index < -0.39 is 13.4 Å². The lowest BCUT2D eigenvalue weighted by molar-refractivity contribution is 0.212. The topological polar surface area (TPSA) is 91.0 Å². The fourth-order valence-electron chi connectivity index (χ4n) is 1.73. The van der Waals surface area contributed by atoms with Gasteiger partial charge in [-0.3, -0.25) is 4.57 Å². The molecule has 0 fully saturated rings. The van der Waals surface area contributed by atoms with Gasteiger partial charge in [0.15, 0.2) is 11.5 Å². The minimum absolute atomic E-state index is 0.00505. The van der Waals surface area contributed by atoms with Crippen molar-refractivity contribution >= 4 is 7.60 Å². The standard InChI is InChI=1S/C13H22NO5P/c1-4-17-12-9-10(7-8-11(12)15)13(14)20(16,18-5-2)19-6-3/h7-9,13,15H,4-6,14H2,1-3H3/t13-/m0/s1. The molecule has 114 valence electrons. The van der Waals surface area contributed by atoms with Gasteiger partial charge in [0.05, 0.1) is 19.8 Å². The summed E-state index contributed by atoms with van der Waals surface area (Å²) in [6, 6.07) is 4.57. The number of phenolic OH excluding ortho intramolecular Hbond substituents is 1. The van der Waals surface area contributed by atoms with Gasteiger partial charge < -0.3 is 24.6 Å². The number of nitrogens with two attached hydrogens (primary N) is 1. The van der Waals surface area contributed by atoms with Crippen molar-refractivity contribution in [2.75, 3.05) is 19.8 Å². The van der Waals surface area contributed by atoms with Crippen LogP contribution in [0, 0.1) is 0 Å². The van der Waals surface area contributed by atoms with Crippen LogP contribution in [0.1, 0.15) is 32.1 Å². The van der Waals surface area contributed by atoms with Gasteiger partial charge in [0.2, 0.25) is 0 Å². The summed E-state index contributed by atoms with van der Waals surface area (Å²) in [5, 5.41) is 9.66. The van der Waals surface area contributed by atoms with Crippen molar-refractivity contribution in [2.45, 2.75) is 26.6 Å². The SMILES string of the molecule is CCOc1cc([C@@H](N)P(=O)(OCC)OCC)ccc1O. The zero-order valence-corrected chi connectivity index (χ0v) is 12.9. The third-order valence-corrected chi connectivity index (χ3v) is 4.80. The van der Waals surface area contributed by atoms with Crippen molar-refractivity contribution in [3.63, 3.8) is 0 Å². The first kappa shape index (κ1) is 17.0. The number of phenols is 1. The number of rotatable bonds is 8. The van der Waals surface area contributed by atoms with E-state index >= 15 is 0 Å². The van der Waals surface area contributed by atoms with E-state index in [1.165, 1.54) is 6.07 Å². The highest BCUT2D eigenvalue weighted by Crippen LogP contribution is 2.58. The number of aromatic hydroxyl groups is 1. The first-order valence-corrected chi connectivity index (χ1v) is 8.19. The average molecular weight is 303 g/mol. The first-order valence-electron chi connectivity index (χ1n) is 6.58. The van der Waals surface area contributed by atoms with Crippen LogP contribution in [0.3, 0.4) is 0 Å². The van der Waals surface area contributed by atoms with E-state index in [0.717, 1.165) is 0 Å². The predicted octanol–water partition coefficient (Wildman–Crippen LogP) is 3.01. The molecule has 0 heterocycles. The smallest absolute Gasteiger partial charge is 0.351 e. The normalized spacial score (nSPS) is 13.2. The minimum atomic E-state index is -3.45. The molecule has 1 atom stereocenters. The maximum Gasteiger partial charge on any atom is 0.351 e. The van der Waals surface area contributed by atoms with E-state index in [0.29, 0.717) is 17.9 Å². The van der Waals surface area contributed by atoms with Crippen molar-refractivity contribution in [1.29, 1.82) is 0 Å². The largest absolute Gasteiger partial charge is 0.504 e. The van der Waals surface area contributed by atoms with Crippen LogP contribution in [0.2, 0.25) is 0 Å². The maximum absolute atomic E-state index is 12.6. The number of ether oxygens (including phenoxy) is 1. The molecule has 0 aliphatic carbocycles. The Morgan fingerprint density at radius 1 is 1.20 bits per heavy atom. The number of benzene rings is 1. The molecule has 0 aromatic heterocycles. The molecule has 0 unspecified atom stereocenters. The minimum Gasteiger partial charge on any atom is -0.504 e. The molecule has 0 aliphatic rings. The van der Waals surface area contributed by atoms with Gasteiger partial charge in [0.25, 0.3) is 0 Å². The van der Waals surface area contributed by atoms with Crippen molar-refractivity contribution in [3.8, 4) is 11.5 Å². The lowest BCUT2D eigenvalue weighted by Crippen LogP contribution is -2.15. The summed E-state index contributed by atoms with van der Waals surface area (Å²) in [5.74, 6) is -0.632. The first-order chi connectivity index (χ1) is 9.48. The lowest BCUT2D eigenvalue weighted by Gasteiger charge is -2.23. The molecule has 20 heavy (non-hydrogen) atoms. The van der Waals surface area contributed by atoms with Crippen LogP contribution in [0.5, 0.6) is 11.5 Å². The fraction of sp³-hybridized carbons (Fsp3) is 0.538. The van der Waals surface area contributed by atoms with E-state index in [9.17, 15) is 9.67 Å². The third-order valence-electron chi connectivity index (χ3n) is 2.58. The average Bonchev–Trinajstić information content (AvgIpc) is 2.41. The van der Waals surface area contributed by atoms with Crippen LogP contribution in [0.4, 0.5) is 0 Å². The van der Waals surface area contributed by atoms with Crippen LogP contribution >= 0.6 is 7.60 Å². The summed E-state index contributed by atoms with van der Waals surface area (Å²) in [6.45, 7) is 6.13. The Labute approximate surface area is 119 Å². The van der Waals surface area contributed by atoms with E-state index in [1.807, 2.05) is 0 Å². The van der Waals surface area contributed by atoms with Gasteiger partial charge in [-0.25, -0.2) is 0 Å². The van der Waals surface area contributed by atoms with Crippen molar-refractivity contribution in [2.24, 2.45) is 5.73 Å². The summed E-state index contributed by atoms with van der Waals surface area (Å²) in [6.07, 6.45) is 0. The molecule has 0 radical (unpaired) electrons. The molecule has 1 aromatic carbocycles. The Balaban J connectivity index is 3.08. The second-order valence-corrected chi connectivity index (χ2v) is 6.13. The molecule has 6 nitrogen and oxygen atoms in total. The van der Waals surface area contributed by atoms with Crippen LogP contribution in [0.15, 0.2) is 18.2 Å². The molecule has 0 bridgehead atoms. The molecule has 1 aromatic rings. The molecule has 0 amide bonds. The Morgan fingerprint density at radius 2 is 1.80 bits per heavy atom. The molecular weight excluding hydrogens is 281 g/mol. The lowest BCUT2D eigenvalue weighted by atomic mass is 10.2. The monoisotopic (exact) mass is 303 g/mol. The summed E-state index contributed by atoms with van der Waals surface area (Å²) >= 11 is 0. The Bertz CT molecular complexity index is 470. The highest BCUT2D eigenvalue weighted by Gasteiger charge is 2.34. The molecule has 0 aliphatic heterocycles. The van der Waals surface area contributed by atoms with Gasteiger partial charge in [-0.2, -0.15) is 0 Å². The van der Waals surface area contributed by atoms with Gasteiger partial charge in [-0.15, -0.1) is 0 Å². The van der Waals surface area contributed by atoms with Crippen LogP contribution in [0.25, 0.3) is 0 Å². The van der Waals surface area contributed by atoms with Gasteiger partial charge in [-0.1, -0.05) is 6.07 Å². The molecular formula is C13H22NO5P. The van der Waals surface area contributed by atoms with Gasteiger partial charge >= 0.3 is 7.60 Å². The molecule has 1 rings (SSSR count). The third kappa shape index (κ3) is 3.96. The summed E-state index contributed by atoms with van der Waals surface area (Å²) in [7, 11) is -3.45. The maximum atomic E-state index is 12.6. The Hall–Kier alpha value is -1.07. The number of hydrogen-bond acceptors (Lipinski definition) is 6.